The van der Waals surface area contributed by atoms with Crippen molar-refractivity contribution in [2.75, 3.05) is 0 Å². The Morgan fingerprint density at radius 1 is 1.11 bits per heavy atom. The molecule has 0 aliphatic heterocycles. The number of aliphatic hydroxyl groups is 1. The standard InChI is InChI=1S/C16H26O3/c1-2-3-9-12-15(17)13-10-7-5-4-6-8-11-14-16(18)19/h5,7-8,10-11,13,15,17H,2-4,6,9,12,14H2,1H3,(H,18,19)/b7-5+,11-8+,13-10+/t15-/m0/s1. The minimum absolute atomic E-state index is 0.0908. The summed E-state index contributed by atoms with van der Waals surface area (Å²) in [5.74, 6) is -0.799. The molecule has 1 atom stereocenters. The van der Waals surface area contributed by atoms with Crippen molar-refractivity contribution in [1.29, 1.82) is 0 Å². The first kappa shape index (κ1) is 17.6. The maximum Gasteiger partial charge on any atom is 0.307 e. The van der Waals surface area contributed by atoms with Crippen molar-refractivity contribution in [2.45, 2.75) is 58.0 Å². The predicted molar refractivity (Wildman–Crippen MR) is 79.1 cm³/mol. The van der Waals surface area contributed by atoms with E-state index in [1.807, 2.05) is 30.4 Å². The Kier molecular flexibility index (Phi) is 12.2. The quantitative estimate of drug-likeness (QED) is 0.339. The van der Waals surface area contributed by atoms with Crippen LogP contribution in [0.3, 0.4) is 0 Å². The number of hydrogen-bond donors (Lipinski definition) is 2. The molecule has 19 heavy (non-hydrogen) atoms. The fourth-order valence-corrected chi connectivity index (χ4v) is 1.56. The van der Waals surface area contributed by atoms with Crippen LogP contribution >= 0.6 is 0 Å². The molecule has 3 nitrogen and oxygen atoms in total. The van der Waals surface area contributed by atoms with E-state index in [-0.39, 0.29) is 12.5 Å². The Hall–Kier alpha value is -1.35. The van der Waals surface area contributed by atoms with Crippen molar-refractivity contribution in [3.8, 4) is 0 Å². The van der Waals surface area contributed by atoms with Gasteiger partial charge < -0.3 is 10.2 Å². The smallest absolute Gasteiger partial charge is 0.307 e. The molecule has 0 rings (SSSR count). The molecule has 0 spiro atoms. The van der Waals surface area contributed by atoms with Gasteiger partial charge in [-0.1, -0.05) is 62.6 Å². The van der Waals surface area contributed by atoms with Crippen LogP contribution in [0.25, 0.3) is 0 Å². The van der Waals surface area contributed by atoms with Crippen LogP contribution in [0.5, 0.6) is 0 Å². The normalized spacial score (nSPS) is 13.8. The van der Waals surface area contributed by atoms with Crippen LogP contribution in [0, 0.1) is 0 Å². The molecule has 108 valence electrons. The second-order valence-corrected chi connectivity index (χ2v) is 4.52. The van der Waals surface area contributed by atoms with E-state index in [1.165, 1.54) is 12.8 Å². The zero-order valence-electron chi connectivity index (χ0n) is 11.8. The summed E-state index contributed by atoms with van der Waals surface area (Å²) in [6.07, 6.45) is 16.9. The van der Waals surface area contributed by atoms with Gasteiger partial charge in [-0.05, 0) is 19.3 Å². The first-order chi connectivity index (χ1) is 9.16. The van der Waals surface area contributed by atoms with Crippen molar-refractivity contribution in [1.82, 2.24) is 0 Å². The third kappa shape index (κ3) is 14.6. The minimum Gasteiger partial charge on any atom is -0.481 e. The highest BCUT2D eigenvalue weighted by Crippen LogP contribution is 2.04. The van der Waals surface area contributed by atoms with E-state index in [4.69, 9.17) is 5.11 Å². The number of allylic oxidation sites excluding steroid dienone is 4. The van der Waals surface area contributed by atoms with E-state index in [1.54, 1.807) is 6.08 Å². The van der Waals surface area contributed by atoms with Gasteiger partial charge in [0.1, 0.15) is 0 Å². The summed E-state index contributed by atoms with van der Waals surface area (Å²) < 4.78 is 0. The summed E-state index contributed by atoms with van der Waals surface area (Å²) in [4.78, 5) is 10.2. The van der Waals surface area contributed by atoms with Gasteiger partial charge in [0.25, 0.3) is 0 Å². The summed E-state index contributed by atoms with van der Waals surface area (Å²) >= 11 is 0. The first-order valence-corrected chi connectivity index (χ1v) is 7.05. The maximum atomic E-state index is 10.2. The van der Waals surface area contributed by atoms with Crippen LogP contribution in [0.15, 0.2) is 36.5 Å². The number of carbonyl (C=O) groups is 1. The van der Waals surface area contributed by atoms with Crippen LogP contribution in [0.4, 0.5) is 0 Å². The van der Waals surface area contributed by atoms with Crippen molar-refractivity contribution in [2.24, 2.45) is 0 Å². The third-order valence-corrected chi connectivity index (χ3v) is 2.64. The molecule has 3 heteroatoms. The molecule has 0 aromatic carbocycles. The fraction of sp³-hybridized carbons (Fsp3) is 0.562. The molecule has 0 saturated heterocycles. The second kappa shape index (κ2) is 13.1. The van der Waals surface area contributed by atoms with Crippen molar-refractivity contribution >= 4 is 5.97 Å². The number of unbranched alkanes of at least 4 members (excludes halogenated alkanes) is 3. The van der Waals surface area contributed by atoms with E-state index in [0.717, 1.165) is 25.7 Å². The summed E-state index contributed by atoms with van der Waals surface area (Å²) in [7, 11) is 0. The molecule has 2 N–H and O–H groups in total. The average molecular weight is 266 g/mol. The lowest BCUT2D eigenvalue weighted by Crippen LogP contribution is -2.00. The summed E-state index contributed by atoms with van der Waals surface area (Å²) in [6, 6.07) is 0. The Balaban J connectivity index is 3.55. The molecule has 0 radical (unpaired) electrons. The largest absolute Gasteiger partial charge is 0.481 e. The molecule has 0 aliphatic carbocycles. The number of aliphatic hydroxyl groups excluding tert-OH is 1. The highest BCUT2D eigenvalue weighted by Gasteiger charge is 1.96. The lowest BCUT2D eigenvalue weighted by Gasteiger charge is -2.02. The van der Waals surface area contributed by atoms with E-state index >= 15 is 0 Å². The summed E-state index contributed by atoms with van der Waals surface area (Å²) in [6.45, 7) is 2.15. The first-order valence-electron chi connectivity index (χ1n) is 7.05. The summed E-state index contributed by atoms with van der Waals surface area (Å²) in [5, 5.41) is 18.0. The Morgan fingerprint density at radius 2 is 1.84 bits per heavy atom. The fourth-order valence-electron chi connectivity index (χ4n) is 1.56. The Bertz CT molecular complexity index is 303. The number of aliphatic carboxylic acids is 1. The van der Waals surface area contributed by atoms with Crippen LogP contribution in [0.1, 0.15) is 51.9 Å². The monoisotopic (exact) mass is 266 g/mol. The van der Waals surface area contributed by atoms with Gasteiger partial charge in [-0.3, -0.25) is 4.79 Å². The molecule has 0 heterocycles. The van der Waals surface area contributed by atoms with Crippen LogP contribution in [0.2, 0.25) is 0 Å². The van der Waals surface area contributed by atoms with Gasteiger partial charge in [0.05, 0.1) is 12.5 Å². The predicted octanol–water partition coefficient (Wildman–Crippen LogP) is 3.85. The lowest BCUT2D eigenvalue weighted by molar-refractivity contribution is -0.136. The van der Waals surface area contributed by atoms with Crippen molar-refractivity contribution < 1.29 is 15.0 Å². The molecule has 0 aliphatic rings. The molecule has 0 amide bonds. The lowest BCUT2D eigenvalue weighted by atomic mass is 10.1. The van der Waals surface area contributed by atoms with Gasteiger partial charge >= 0.3 is 5.97 Å². The average Bonchev–Trinajstić information content (AvgIpc) is 2.36. The summed E-state index contributed by atoms with van der Waals surface area (Å²) in [5.41, 5.74) is 0. The van der Waals surface area contributed by atoms with Gasteiger partial charge in [0.15, 0.2) is 0 Å². The third-order valence-electron chi connectivity index (χ3n) is 2.64. The van der Waals surface area contributed by atoms with Gasteiger partial charge in [0, 0.05) is 0 Å². The second-order valence-electron chi connectivity index (χ2n) is 4.52. The van der Waals surface area contributed by atoms with E-state index < -0.39 is 5.97 Å². The van der Waals surface area contributed by atoms with E-state index in [2.05, 4.69) is 6.92 Å². The van der Waals surface area contributed by atoms with Gasteiger partial charge in [0.2, 0.25) is 0 Å². The number of carboxylic acid groups (broad SMARTS) is 1. The Morgan fingerprint density at radius 3 is 2.53 bits per heavy atom. The van der Waals surface area contributed by atoms with Crippen LogP contribution in [-0.2, 0) is 4.79 Å². The number of hydrogen-bond acceptors (Lipinski definition) is 2. The molecule has 0 saturated carbocycles. The molecule has 0 fully saturated rings. The van der Waals surface area contributed by atoms with Gasteiger partial charge in [-0.2, -0.15) is 0 Å². The maximum absolute atomic E-state index is 10.2. The zero-order chi connectivity index (χ0) is 14.3. The molecular weight excluding hydrogens is 240 g/mol. The van der Waals surface area contributed by atoms with Gasteiger partial charge in [-0.25, -0.2) is 0 Å². The number of rotatable bonds is 11. The van der Waals surface area contributed by atoms with Crippen molar-refractivity contribution in [3.05, 3.63) is 36.5 Å². The van der Waals surface area contributed by atoms with E-state index in [9.17, 15) is 9.90 Å². The highest BCUT2D eigenvalue weighted by molar-refractivity contribution is 5.68. The van der Waals surface area contributed by atoms with Crippen LogP contribution < -0.4 is 0 Å². The van der Waals surface area contributed by atoms with E-state index in [0.29, 0.717) is 0 Å². The van der Waals surface area contributed by atoms with Crippen LogP contribution in [-0.4, -0.2) is 22.3 Å². The molecule has 0 aromatic rings. The van der Waals surface area contributed by atoms with Gasteiger partial charge in [-0.15, -0.1) is 0 Å². The SMILES string of the molecule is CCCCC[C@H](O)/C=C/C=C/CC/C=C/CC(=O)O. The zero-order valence-corrected chi connectivity index (χ0v) is 11.8. The topological polar surface area (TPSA) is 57.5 Å². The molecule has 0 unspecified atom stereocenters. The minimum atomic E-state index is -0.799. The molecule has 0 aromatic heterocycles. The highest BCUT2D eigenvalue weighted by atomic mass is 16.4. The molecular formula is C16H26O3. The number of carboxylic acids is 1. The molecule has 0 bridgehead atoms. The van der Waals surface area contributed by atoms with Crippen molar-refractivity contribution in [3.63, 3.8) is 0 Å². The Labute approximate surface area is 116 Å².